The van der Waals surface area contributed by atoms with Gasteiger partial charge in [-0.2, -0.15) is 5.10 Å². The summed E-state index contributed by atoms with van der Waals surface area (Å²) in [7, 11) is 2.01. The van der Waals surface area contributed by atoms with Crippen LogP contribution >= 0.6 is 15.9 Å². The van der Waals surface area contributed by atoms with Crippen LogP contribution < -0.4 is 5.32 Å². The van der Waals surface area contributed by atoms with Crippen molar-refractivity contribution >= 4 is 15.9 Å². The number of aromatic nitrogens is 2. The summed E-state index contributed by atoms with van der Waals surface area (Å²) in [5.41, 5.74) is 3.94. The first-order chi connectivity index (χ1) is 10.1. The Kier molecular flexibility index (Phi) is 6.00. The van der Waals surface area contributed by atoms with Crippen LogP contribution in [-0.2, 0) is 13.5 Å². The van der Waals surface area contributed by atoms with Gasteiger partial charge in [0.2, 0.25) is 0 Å². The van der Waals surface area contributed by atoms with Crippen LogP contribution in [0.4, 0.5) is 0 Å². The second kappa shape index (κ2) is 7.76. The van der Waals surface area contributed by atoms with Crippen LogP contribution in [0.1, 0.15) is 42.6 Å². The first-order valence-electron chi connectivity index (χ1n) is 7.58. The Morgan fingerprint density at radius 1 is 1.29 bits per heavy atom. The highest BCUT2D eigenvalue weighted by Crippen LogP contribution is 2.26. The molecule has 0 spiro atoms. The van der Waals surface area contributed by atoms with Crippen molar-refractivity contribution < 1.29 is 0 Å². The number of hydrogen-bond acceptors (Lipinski definition) is 2. The SMILES string of the molecule is CCCNC(CCc1ccc(C)cc1)c1c(Br)cnn1C. The van der Waals surface area contributed by atoms with Gasteiger partial charge >= 0.3 is 0 Å². The van der Waals surface area contributed by atoms with Gasteiger partial charge in [-0.05, 0) is 54.2 Å². The molecule has 1 unspecified atom stereocenters. The molecule has 0 radical (unpaired) electrons. The van der Waals surface area contributed by atoms with Crippen LogP contribution in [0.15, 0.2) is 34.9 Å². The monoisotopic (exact) mass is 349 g/mol. The van der Waals surface area contributed by atoms with E-state index in [1.165, 1.54) is 16.8 Å². The normalized spacial score (nSPS) is 12.6. The highest BCUT2D eigenvalue weighted by Gasteiger charge is 2.18. The highest BCUT2D eigenvalue weighted by molar-refractivity contribution is 9.10. The molecule has 2 rings (SSSR count). The summed E-state index contributed by atoms with van der Waals surface area (Å²) >= 11 is 3.62. The van der Waals surface area contributed by atoms with Gasteiger partial charge in [0.1, 0.15) is 0 Å². The third-order valence-electron chi connectivity index (χ3n) is 3.75. The van der Waals surface area contributed by atoms with Crippen molar-refractivity contribution in [1.29, 1.82) is 0 Å². The minimum absolute atomic E-state index is 0.327. The average Bonchev–Trinajstić information content (AvgIpc) is 2.81. The van der Waals surface area contributed by atoms with E-state index in [4.69, 9.17) is 0 Å². The van der Waals surface area contributed by atoms with E-state index < -0.39 is 0 Å². The summed E-state index contributed by atoms with van der Waals surface area (Å²) in [5, 5.41) is 7.99. The van der Waals surface area contributed by atoms with Crippen LogP contribution in [0.5, 0.6) is 0 Å². The van der Waals surface area contributed by atoms with Gasteiger partial charge < -0.3 is 5.32 Å². The molecule has 21 heavy (non-hydrogen) atoms. The Balaban J connectivity index is 2.08. The fourth-order valence-corrected chi connectivity index (χ4v) is 3.16. The average molecular weight is 350 g/mol. The second-order valence-corrected chi connectivity index (χ2v) is 6.39. The Bertz CT molecular complexity index is 540. The predicted octanol–water partition coefficient (Wildman–Crippen LogP) is 4.16. The van der Waals surface area contributed by atoms with Crippen LogP contribution in [0.3, 0.4) is 0 Å². The Morgan fingerprint density at radius 3 is 2.57 bits per heavy atom. The molecule has 1 N–H and O–H groups in total. The zero-order chi connectivity index (χ0) is 15.2. The minimum atomic E-state index is 0.327. The maximum atomic E-state index is 4.34. The molecule has 0 aliphatic carbocycles. The van der Waals surface area contributed by atoms with Gasteiger partial charge in [0.25, 0.3) is 0 Å². The molecule has 0 saturated carbocycles. The van der Waals surface area contributed by atoms with Crippen LogP contribution in [-0.4, -0.2) is 16.3 Å². The third kappa shape index (κ3) is 4.42. The lowest BCUT2D eigenvalue weighted by Gasteiger charge is -2.19. The van der Waals surface area contributed by atoms with E-state index in [9.17, 15) is 0 Å². The van der Waals surface area contributed by atoms with E-state index in [0.29, 0.717) is 6.04 Å². The van der Waals surface area contributed by atoms with Gasteiger partial charge in [0.15, 0.2) is 0 Å². The highest BCUT2D eigenvalue weighted by atomic mass is 79.9. The summed E-state index contributed by atoms with van der Waals surface area (Å²) in [6.45, 7) is 5.35. The van der Waals surface area contributed by atoms with Crippen molar-refractivity contribution in [3.05, 3.63) is 51.8 Å². The van der Waals surface area contributed by atoms with E-state index in [1.807, 2.05) is 17.9 Å². The zero-order valence-corrected chi connectivity index (χ0v) is 14.7. The summed E-state index contributed by atoms with van der Waals surface area (Å²) in [5.74, 6) is 0. The molecule has 0 fully saturated rings. The van der Waals surface area contributed by atoms with Crippen molar-refractivity contribution in [2.75, 3.05) is 6.54 Å². The fraction of sp³-hybridized carbons (Fsp3) is 0.471. The van der Waals surface area contributed by atoms with E-state index in [0.717, 1.165) is 30.3 Å². The first-order valence-corrected chi connectivity index (χ1v) is 8.37. The number of rotatable bonds is 7. The van der Waals surface area contributed by atoms with Crippen molar-refractivity contribution in [3.63, 3.8) is 0 Å². The largest absolute Gasteiger partial charge is 0.309 e. The van der Waals surface area contributed by atoms with Crippen LogP contribution in [0, 0.1) is 6.92 Å². The van der Waals surface area contributed by atoms with Gasteiger partial charge in [0, 0.05) is 7.05 Å². The number of hydrogen-bond donors (Lipinski definition) is 1. The Labute approximate surface area is 135 Å². The lowest BCUT2D eigenvalue weighted by molar-refractivity contribution is 0.466. The van der Waals surface area contributed by atoms with Gasteiger partial charge in [-0.3, -0.25) is 4.68 Å². The molecule has 3 nitrogen and oxygen atoms in total. The molecule has 0 bridgehead atoms. The molecule has 1 aromatic carbocycles. The van der Waals surface area contributed by atoms with E-state index in [-0.39, 0.29) is 0 Å². The quantitative estimate of drug-likeness (QED) is 0.812. The maximum Gasteiger partial charge on any atom is 0.0692 e. The molecule has 1 heterocycles. The first kappa shape index (κ1) is 16.2. The topological polar surface area (TPSA) is 29.9 Å². The van der Waals surface area contributed by atoms with Gasteiger partial charge in [-0.1, -0.05) is 36.8 Å². The molecular weight excluding hydrogens is 326 g/mol. The molecule has 4 heteroatoms. The Morgan fingerprint density at radius 2 is 2.00 bits per heavy atom. The number of halogens is 1. The summed E-state index contributed by atoms with van der Waals surface area (Å²) in [4.78, 5) is 0. The molecule has 2 aromatic rings. The number of nitrogens with zero attached hydrogens (tertiary/aromatic N) is 2. The predicted molar refractivity (Wildman–Crippen MR) is 91.4 cm³/mol. The van der Waals surface area contributed by atoms with Crippen molar-refractivity contribution in [2.24, 2.45) is 7.05 Å². The standard InChI is InChI=1S/C17H24BrN3/c1-4-11-19-16(17-15(18)12-20-21(17)3)10-9-14-7-5-13(2)6-8-14/h5-8,12,16,19H,4,9-11H2,1-3H3. The van der Waals surface area contributed by atoms with Gasteiger partial charge in [0.05, 0.1) is 22.4 Å². The molecule has 0 amide bonds. The molecular formula is C17H24BrN3. The summed E-state index contributed by atoms with van der Waals surface area (Å²) in [6, 6.07) is 9.15. The lowest BCUT2D eigenvalue weighted by atomic mass is 10.0. The number of benzene rings is 1. The van der Waals surface area contributed by atoms with Crippen LogP contribution in [0.25, 0.3) is 0 Å². The molecule has 1 aromatic heterocycles. The minimum Gasteiger partial charge on any atom is -0.309 e. The molecule has 0 aliphatic rings. The fourth-order valence-electron chi connectivity index (χ4n) is 2.53. The number of aryl methyl sites for hydroxylation is 3. The van der Waals surface area contributed by atoms with E-state index >= 15 is 0 Å². The van der Waals surface area contributed by atoms with Gasteiger partial charge in [-0.25, -0.2) is 0 Å². The second-order valence-electron chi connectivity index (χ2n) is 5.53. The van der Waals surface area contributed by atoms with E-state index in [2.05, 4.69) is 64.5 Å². The summed E-state index contributed by atoms with van der Waals surface area (Å²) < 4.78 is 3.05. The molecule has 0 aliphatic heterocycles. The van der Waals surface area contributed by atoms with Crippen molar-refractivity contribution in [3.8, 4) is 0 Å². The van der Waals surface area contributed by atoms with Crippen molar-refractivity contribution in [1.82, 2.24) is 15.1 Å². The third-order valence-corrected chi connectivity index (χ3v) is 4.36. The maximum absolute atomic E-state index is 4.34. The molecule has 1 atom stereocenters. The van der Waals surface area contributed by atoms with E-state index in [1.54, 1.807) is 0 Å². The Hall–Kier alpha value is -1.13. The molecule has 0 saturated heterocycles. The zero-order valence-electron chi connectivity index (χ0n) is 13.1. The summed E-state index contributed by atoms with van der Waals surface area (Å²) in [6.07, 6.45) is 5.15. The lowest BCUT2D eigenvalue weighted by Crippen LogP contribution is -2.25. The van der Waals surface area contributed by atoms with Gasteiger partial charge in [-0.15, -0.1) is 0 Å². The number of nitrogens with one attached hydrogen (secondary N) is 1. The van der Waals surface area contributed by atoms with Crippen LogP contribution in [0.2, 0.25) is 0 Å². The molecule has 114 valence electrons. The van der Waals surface area contributed by atoms with Crippen molar-refractivity contribution in [2.45, 2.75) is 39.2 Å². The smallest absolute Gasteiger partial charge is 0.0692 e.